The number of benzene rings is 5. The van der Waals surface area contributed by atoms with Gasteiger partial charge in [-0.3, -0.25) is 0 Å². The Morgan fingerprint density at radius 2 is 1.00 bits per heavy atom. The minimum atomic E-state index is -0.152. The summed E-state index contributed by atoms with van der Waals surface area (Å²) < 4.78 is 5.53. The molecule has 0 aromatic heterocycles. The van der Waals surface area contributed by atoms with Gasteiger partial charge in [-0.25, -0.2) is 0 Å². The third-order valence-corrected chi connectivity index (χ3v) is 7.70. The maximum Gasteiger partial charge on any atom is 0.160 e. The second kappa shape index (κ2) is 10.8. The van der Waals surface area contributed by atoms with Gasteiger partial charge in [-0.15, -0.1) is 0 Å². The van der Waals surface area contributed by atoms with Crippen molar-refractivity contribution < 1.29 is 20.1 Å². The zero-order valence-electron chi connectivity index (χ0n) is 23.5. The molecule has 5 aromatic carbocycles. The molecular weight excluding hydrogens is 496 g/mol. The van der Waals surface area contributed by atoms with Crippen molar-refractivity contribution >= 4 is 0 Å². The molecule has 0 radical (unpaired) electrons. The number of phenols is 3. The molecule has 0 bridgehead atoms. The molecule has 0 saturated carbocycles. The molecule has 0 aliphatic carbocycles. The maximum absolute atomic E-state index is 10.4. The van der Waals surface area contributed by atoms with Crippen molar-refractivity contribution in [2.45, 2.75) is 33.6 Å². The zero-order valence-corrected chi connectivity index (χ0v) is 23.5. The molecule has 0 spiro atoms. The summed E-state index contributed by atoms with van der Waals surface area (Å²) >= 11 is 0. The molecule has 4 heteroatoms. The van der Waals surface area contributed by atoms with Gasteiger partial charge in [0.15, 0.2) is 11.5 Å². The summed E-state index contributed by atoms with van der Waals surface area (Å²) in [5, 5.41) is 30.2. The first kappa shape index (κ1) is 26.9. The zero-order chi connectivity index (χ0) is 28.6. The molecule has 202 valence electrons. The lowest BCUT2D eigenvalue weighted by Gasteiger charge is -2.27. The van der Waals surface area contributed by atoms with Crippen LogP contribution in [0.5, 0.6) is 23.0 Å². The Labute approximate surface area is 235 Å². The van der Waals surface area contributed by atoms with Crippen LogP contribution in [0.15, 0.2) is 91.0 Å². The van der Waals surface area contributed by atoms with Crippen LogP contribution in [0.1, 0.15) is 44.9 Å². The third kappa shape index (κ3) is 5.13. The van der Waals surface area contributed by atoms with E-state index in [1.165, 1.54) is 0 Å². The van der Waals surface area contributed by atoms with Crippen LogP contribution in [-0.4, -0.2) is 22.4 Å². The molecule has 0 amide bonds. The van der Waals surface area contributed by atoms with Gasteiger partial charge in [0.05, 0.1) is 7.11 Å². The van der Waals surface area contributed by atoms with Crippen LogP contribution in [0.4, 0.5) is 0 Å². The molecule has 0 heterocycles. The first-order valence-corrected chi connectivity index (χ1v) is 13.3. The Hall–Kier alpha value is -4.70. The van der Waals surface area contributed by atoms with Crippen molar-refractivity contribution in [3.8, 4) is 45.3 Å². The Morgan fingerprint density at radius 1 is 0.550 bits per heavy atom. The molecular formula is C36H34O4. The molecule has 4 nitrogen and oxygen atoms in total. The molecule has 0 atom stereocenters. The fourth-order valence-electron chi connectivity index (χ4n) is 5.66. The standard InChI is InChI=1S/C36H34O4/c1-21-16-30(25-6-11-28(37)12-7-25)23(3)32(18-21)36(27-10-15-34(39)35(20-27)40-5)33-19-22(2)17-31(24(33)4)26-8-13-29(38)14-9-26/h6-20,36-39H,1-5H3. The monoisotopic (exact) mass is 530 g/mol. The summed E-state index contributed by atoms with van der Waals surface area (Å²) in [5.74, 6) is 0.846. The van der Waals surface area contributed by atoms with E-state index in [1.54, 1.807) is 37.4 Å². The normalized spacial score (nSPS) is 11.2. The topological polar surface area (TPSA) is 69.9 Å². The van der Waals surface area contributed by atoms with Crippen molar-refractivity contribution in [2.24, 2.45) is 0 Å². The molecule has 0 unspecified atom stereocenters. The van der Waals surface area contributed by atoms with Gasteiger partial charge >= 0.3 is 0 Å². The second-order valence-electron chi connectivity index (χ2n) is 10.5. The van der Waals surface area contributed by atoms with Crippen LogP contribution in [0.2, 0.25) is 0 Å². The summed E-state index contributed by atoms with van der Waals surface area (Å²) in [4.78, 5) is 0. The first-order valence-electron chi connectivity index (χ1n) is 13.3. The SMILES string of the molecule is COc1cc(C(c2cc(C)cc(-c3ccc(O)cc3)c2C)c2cc(C)cc(-c3ccc(O)cc3)c2C)ccc1O. The predicted octanol–water partition coefficient (Wildman–Crippen LogP) is 8.56. The van der Waals surface area contributed by atoms with Crippen LogP contribution >= 0.6 is 0 Å². The van der Waals surface area contributed by atoms with E-state index < -0.39 is 0 Å². The van der Waals surface area contributed by atoms with Gasteiger partial charge in [0.2, 0.25) is 0 Å². The molecule has 5 rings (SSSR count). The lowest BCUT2D eigenvalue weighted by molar-refractivity contribution is 0.373. The number of rotatable bonds is 6. The number of aromatic hydroxyl groups is 3. The number of hydrogen-bond donors (Lipinski definition) is 3. The van der Waals surface area contributed by atoms with Gasteiger partial charge < -0.3 is 20.1 Å². The van der Waals surface area contributed by atoms with Crippen LogP contribution in [0, 0.1) is 27.7 Å². The fourth-order valence-corrected chi connectivity index (χ4v) is 5.66. The summed E-state index contributed by atoms with van der Waals surface area (Å²) in [5.41, 5.74) is 12.1. The Bertz CT molecular complexity index is 1580. The van der Waals surface area contributed by atoms with Crippen LogP contribution in [0.3, 0.4) is 0 Å². The van der Waals surface area contributed by atoms with E-state index in [2.05, 4.69) is 52.0 Å². The smallest absolute Gasteiger partial charge is 0.160 e. The van der Waals surface area contributed by atoms with Gasteiger partial charge in [0, 0.05) is 5.92 Å². The van der Waals surface area contributed by atoms with E-state index >= 15 is 0 Å². The molecule has 40 heavy (non-hydrogen) atoms. The minimum absolute atomic E-state index is 0.0986. The number of methoxy groups -OCH3 is 1. The summed E-state index contributed by atoms with van der Waals surface area (Å²) in [6.45, 7) is 8.50. The molecule has 0 fully saturated rings. The second-order valence-corrected chi connectivity index (χ2v) is 10.5. The average Bonchev–Trinajstić information content (AvgIpc) is 2.94. The van der Waals surface area contributed by atoms with E-state index in [1.807, 2.05) is 36.4 Å². The van der Waals surface area contributed by atoms with E-state index in [0.717, 1.165) is 61.2 Å². The van der Waals surface area contributed by atoms with Crippen LogP contribution in [-0.2, 0) is 0 Å². The number of ether oxygens (including phenoxy) is 1. The van der Waals surface area contributed by atoms with Crippen molar-refractivity contribution in [2.75, 3.05) is 7.11 Å². The summed E-state index contributed by atoms with van der Waals surface area (Å²) in [6, 6.07) is 29.1. The molecule has 0 aliphatic heterocycles. The van der Waals surface area contributed by atoms with Crippen molar-refractivity contribution in [1.82, 2.24) is 0 Å². The maximum atomic E-state index is 10.4. The fraction of sp³-hybridized carbons (Fsp3) is 0.167. The lowest BCUT2D eigenvalue weighted by Crippen LogP contribution is -2.10. The van der Waals surface area contributed by atoms with Crippen LogP contribution in [0.25, 0.3) is 22.3 Å². The van der Waals surface area contributed by atoms with E-state index in [0.29, 0.717) is 5.75 Å². The van der Waals surface area contributed by atoms with E-state index in [9.17, 15) is 15.3 Å². The highest BCUT2D eigenvalue weighted by molar-refractivity contribution is 5.74. The van der Waals surface area contributed by atoms with Gasteiger partial charge in [0.1, 0.15) is 11.5 Å². The molecule has 0 saturated heterocycles. The van der Waals surface area contributed by atoms with E-state index in [4.69, 9.17) is 4.74 Å². The quantitative estimate of drug-likeness (QED) is 0.192. The molecule has 5 aromatic rings. The Balaban J connectivity index is 1.80. The minimum Gasteiger partial charge on any atom is -0.508 e. The largest absolute Gasteiger partial charge is 0.508 e. The lowest BCUT2D eigenvalue weighted by atomic mass is 9.77. The number of hydrogen-bond acceptors (Lipinski definition) is 4. The highest BCUT2D eigenvalue weighted by atomic mass is 16.5. The summed E-state index contributed by atoms with van der Waals surface area (Å²) in [6.07, 6.45) is 0. The van der Waals surface area contributed by atoms with Crippen molar-refractivity contribution in [3.63, 3.8) is 0 Å². The molecule has 0 aliphatic rings. The highest BCUT2D eigenvalue weighted by Gasteiger charge is 2.25. The predicted molar refractivity (Wildman–Crippen MR) is 162 cm³/mol. The average molecular weight is 531 g/mol. The number of phenolic OH excluding ortho intramolecular Hbond substituents is 3. The Kier molecular flexibility index (Phi) is 7.27. The summed E-state index contributed by atoms with van der Waals surface area (Å²) in [7, 11) is 1.57. The Morgan fingerprint density at radius 3 is 1.43 bits per heavy atom. The molecule has 3 N–H and O–H groups in total. The number of aryl methyl sites for hydroxylation is 2. The van der Waals surface area contributed by atoms with Gasteiger partial charge in [-0.05, 0) is 114 Å². The van der Waals surface area contributed by atoms with Gasteiger partial charge in [0.25, 0.3) is 0 Å². The van der Waals surface area contributed by atoms with Gasteiger partial charge in [-0.2, -0.15) is 0 Å². The third-order valence-electron chi connectivity index (χ3n) is 7.70. The van der Waals surface area contributed by atoms with Crippen molar-refractivity contribution in [1.29, 1.82) is 0 Å². The van der Waals surface area contributed by atoms with Crippen molar-refractivity contribution in [3.05, 3.63) is 130 Å². The van der Waals surface area contributed by atoms with Gasteiger partial charge in [-0.1, -0.05) is 65.7 Å². The van der Waals surface area contributed by atoms with Crippen LogP contribution < -0.4 is 4.74 Å². The highest BCUT2D eigenvalue weighted by Crippen LogP contribution is 2.43. The first-order chi connectivity index (χ1) is 19.2. The van der Waals surface area contributed by atoms with E-state index in [-0.39, 0.29) is 23.2 Å².